The summed E-state index contributed by atoms with van der Waals surface area (Å²) >= 11 is 0. The number of aryl methyl sites for hydroxylation is 3. The number of imide groups is 1. The molecule has 0 aliphatic heterocycles. The van der Waals surface area contributed by atoms with Crippen molar-refractivity contribution in [3.63, 3.8) is 0 Å². The van der Waals surface area contributed by atoms with Gasteiger partial charge in [0.1, 0.15) is 29.4 Å². The summed E-state index contributed by atoms with van der Waals surface area (Å²) < 4.78 is 17.9. The molecule has 4 rings (SSSR count). The van der Waals surface area contributed by atoms with Crippen molar-refractivity contribution in [2.45, 2.75) is 20.5 Å². The second kappa shape index (κ2) is 9.62. The van der Waals surface area contributed by atoms with Crippen LogP contribution in [0.2, 0.25) is 0 Å². The second-order valence-electron chi connectivity index (χ2n) is 7.74. The van der Waals surface area contributed by atoms with Gasteiger partial charge in [0, 0.05) is 13.2 Å². The zero-order valence-corrected chi connectivity index (χ0v) is 19.0. The average molecular weight is 461 g/mol. The van der Waals surface area contributed by atoms with E-state index < -0.39 is 24.4 Å². The van der Waals surface area contributed by atoms with Crippen LogP contribution in [0.25, 0.3) is 10.8 Å². The monoisotopic (exact) mass is 461 g/mol. The fourth-order valence-corrected chi connectivity index (χ4v) is 3.49. The van der Waals surface area contributed by atoms with E-state index in [1.54, 1.807) is 55.9 Å². The molecule has 2 amide bonds. The van der Waals surface area contributed by atoms with Crippen LogP contribution in [0, 0.1) is 13.8 Å². The smallest absolute Gasteiger partial charge is 0.342 e. The van der Waals surface area contributed by atoms with Crippen LogP contribution < -0.4 is 10.1 Å². The Labute approximate surface area is 195 Å². The number of hydrogen-bond acceptors (Lipinski definition) is 7. The summed E-state index contributed by atoms with van der Waals surface area (Å²) in [7, 11) is 1.68. The van der Waals surface area contributed by atoms with Crippen molar-refractivity contribution in [2.24, 2.45) is 7.05 Å². The largest absolute Gasteiger partial charge is 0.488 e. The van der Waals surface area contributed by atoms with E-state index in [1.165, 1.54) is 0 Å². The number of rotatable bonds is 7. The number of aromatic nitrogens is 2. The number of benzene rings is 2. The lowest BCUT2D eigenvalue weighted by atomic mass is 10.1. The van der Waals surface area contributed by atoms with Crippen molar-refractivity contribution in [1.29, 1.82) is 0 Å². The molecule has 0 atom stereocenters. The molecule has 4 aromatic rings. The molecular weight excluding hydrogens is 438 g/mol. The fraction of sp³-hybridized carbons (Fsp3) is 0.200. The van der Waals surface area contributed by atoms with Gasteiger partial charge in [-0.05, 0) is 48.9 Å². The molecule has 34 heavy (non-hydrogen) atoms. The first-order valence-electron chi connectivity index (χ1n) is 10.5. The first kappa shape index (κ1) is 22.8. The Balaban J connectivity index is 1.49. The maximum atomic E-state index is 12.9. The Morgan fingerprint density at radius 1 is 1.06 bits per heavy atom. The second-order valence-corrected chi connectivity index (χ2v) is 7.74. The van der Waals surface area contributed by atoms with Crippen molar-refractivity contribution in [3.05, 3.63) is 83.0 Å². The van der Waals surface area contributed by atoms with Gasteiger partial charge in [0.25, 0.3) is 11.8 Å². The third-order valence-electron chi connectivity index (χ3n) is 5.38. The molecule has 1 N–H and O–H groups in total. The van der Waals surface area contributed by atoms with Crippen LogP contribution in [0.4, 0.5) is 0 Å². The molecule has 9 heteroatoms. The molecule has 0 aliphatic rings. The van der Waals surface area contributed by atoms with Crippen molar-refractivity contribution >= 4 is 28.6 Å². The molecule has 0 fully saturated rings. The predicted molar refractivity (Wildman–Crippen MR) is 122 cm³/mol. The predicted octanol–water partition coefficient (Wildman–Crippen LogP) is 3.48. The molecule has 174 valence electrons. The standard InChI is InChI=1S/C25H23N3O6/c1-15-20(16(2)34-27-15)13-32-22-12-18-8-5-4-7-17(18)11-19(22)25(31)33-14-23(29)26-24(30)21-9-6-10-28(21)3/h4-12H,13-14H2,1-3H3,(H,26,29,30). The van der Waals surface area contributed by atoms with Gasteiger partial charge in [0.2, 0.25) is 0 Å². The van der Waals surface area contributed by atoms with Gasteiger partial charge in [-0.1, -0.05) is 29.4 Å². The highest BCUT2D eigenvalue weighted by Gasteiger charge is 2.20. The van der Waals surface area contributed by atoms with Gasteiger partial charge in [0.15, 0.2) is 6.61 Å². The van der Waals surface area contributed by atoms with Gasteiger partial charge in [-0.25, -0.2) is 4.79 Å². The number of hydrogen-bond donors (Lipinski definition) is 1. The zero-order chi connectivity index (χ0) is 24.2. The molecule has 0 saturated carbocycles. The van der Waals surface area contributed by atoms with E-state index in [1.807, 2.05) is 24.3 Å². The fourth-order valence-electron chi connectivity index (χ4n) is 3.49. The van der Waals surface area contributed by atoms with Crippen molar-refractivity contribution in [2.75, 3.05) is 6.61 Å². The van der Waals surface area contributed by atoms with Gasteiger partial charge >= 0.3 is 5.97 Å². The van der Waals surface area contributed by atoms with Gasteiger partial charge in [-0.2, -0.15) is 0 Å². The maximum Gasteiger partial charge on any atom is 0.342 e. The SMILES string of the molecule is Cc1noc(C)c1COc1cc2ccccc2cc1C(=O)OCC(=O)NC(=O)c1cccn1C. The highest BCUT2D eigenvalue weighted by atomic mass is 16.5. The number of carbonyl (C=O) groups excluding carboxylic acids is 3. The first-order valence-corrected chi connectivity index (χ1v) is 10.5. The molecule has 0 radical (unpaired) electrons. The minimum absolute atomic E-state index is 0.144. The highest BCUT2D eigenvalue weighted by Crippen LogP contribution is 2.28. The molecule has 0 unspecified atom stereocenters. The number of amides is 2. The van der Waals surface area contributed by atoms with E-state index in [-0.39, 0.29) is 12.2 Å². The third kappa shape index (κ3) is 4.83. The number of nitrogens with zero attached hydrogens (tertiary/aromatic N) is 2. The number of ether oxygens (including phenoxy) is 2. The first-order chi connectivity index (χ1) is 16.3. The average Bonchev–Trinajstić information content (AvgIpc) is 3.40. The van der Waals surface area contributed by atoms with Crippen LogP contribution in [0.3, 0.4) is 0 Å². The molecule has 9 nitrogen and oxygen atoms in total. The van der Waals surface area contributed by atoms with Crippen LogP contribution in [0.15, 0.2) is 59.3 Å². The maximum absolute atomic E-state index is 12.9. The summed E-state index contributed by atoms with van der Waals surface area (Å²) in [6, 6.07) is 14.1. The minimum Gasteiger partial charge on any atom is -0.488 e. The van der Waals surface area contributed by atoms with Crippen LogP contribution in [-0.2, 0) is 23.2 Å². The molecule has 0 aliphatic carbocycles. The highest BCUT2D eigenvalue weighted by molar-refractivity contribution is 6.05. The van der Waals surface area contributed by atoms with Crippen LogP contribution in [0.5, 0.6) is 5.75 Å². The lowest BCUT2D eigenvalue weighted by Gasteiger charge is -2.13. The van der Waals surface area contributed by atoms with E-state index in [9.17, 15) is 14.4 Å². The number of fused-ring (bicyclic) bond motifs is 1. The lowest BCUT2D eigenvalue weighted by molar-refractivity contribution is -0.123. The topological polar surface area (TPSA) is 113 Å². The van der Waals surface area contributed by atoms with Gasteiger partial charge in [-0.3, -0.25) is 14.9 Å². The van der Waals surface area contributed by atoms with Crippen LogP contribution >= 0.6 is 0 Å². The molecule has 0 spiro atoms. The summed E-state index contributed by atoms with van der Waals surface area (Å²) in [4.78, 5) is 37.2. The van der Waals surface area contributed by atoms with Crippen LogP contribution in [0.1, 0.15) is 37.9 Å². The van der Waals surface area contributed by atoms with Crippen molar-refractivity contribution in [1.82, 2.24) is 15.0 Å². The number of carbonyl (C=O) groups is 3. The Morgan fingerprint density at radius 2 is 1.79 bits per heavy atom. The van der Waals surface area contributed by atoms with E-state index in [4.69, 9.17) is 14.0 Å². The third-order valence-corrected chi connectivity index (χ3v) is 5.38. The molecule has 2 aromatic heterocycles. The Morgan fingerprint density at radius 3 is 2.44 bits per heavy atom. The quantitative estimate of drug-likeness (QED) is 0.419. The molecule has 0 saturated heterocycles. The van der Waals surface area contributed by atoms with Crippen LogP contribution in [-0.4, -0.2) is 34.1 Å². The van der Waals surface area contributed by atoms with E-state index in [0.717, 1.165) is 16.3 Å². The van der Waals surface area contributed by atoms with Gasteiger partial charge < -0.3 is 18.6 Å². The molecule has 0 bridgehead atoms. The number of esters is 1. The van der Waals surface area contributed by atoms with E-state index in [0.29, 0.717) is 22.9 Å². The molecular formula is C25H23N3O6. The molecule has 2 aromatic carbocycles. The molecule has 2 heterocycles. The number of nitrogens with one attached hydrogen (secondary N) is 1. The Bertz CT molecular complexity index is 1370. The van der Waals surface area contributed by atoms with Gasteiger partial charge in [0.05, 0.1) is 11.3 Å². The summed E-state index contributed by atoms with van der Waals surface area (Å²) in [6.07, 6.45) is 1.68. The van der Waals surface area contributed by atoms with Gasteiger partial charge in [-0.15, -0.1) is 0 Å². The van der Waals surface area contributed by atoms with E-state index in [2.05, 4.69) is 10.5 Å². The summed E-state index contributed by atoms with van der Waals surface area (Å²) in [5.74, 6) is -1.15. The Kier molecular flexibility index (Phi) is 6.44. The zero-order valence-electron chi connectivity index (χ0n) is 19.0. The van der Waals surface area contributed by atoms with Crippen molar-refractivity contribution in [3.8, 4) is 5.75 Å². The summed E-state index contributed by atoms with van der Waals surface area (Å²) in [6.45, 7) is 3.11. The Hall–Kier alpha value is -4.40. The minimum atomic E-state index is -0.749. The van der Waals surface area contributed by atoms with E-state index >= 15 is 0 Å². The van der Waals surface area contributed by atoms with Crippen molar-refractivity contribution < 1.29 is 28.4 Å². The normalized spacial score (nSPS) is 10.8. The summed E-state index contributed by atoms with van der Waals surface area (Å²) in [5.41, 5.74) is 1.95. The lowest BCUT2D eigenvalue weighted by Crippen LogP contribution is -2.35. The summed E-state index contributed by atoms with van der Waals surface area (Å²) in [5, 5.41) is 7.80.